The molecule has 0 atom stereocenters. The molecule has 3 heterocycles. The van der Waals surface area contributed by atoms with E-state index in [1.807, 2.05) is 24.4 Å². The standard InChI is InChI=1S/C15H18N4O3S2/c1-10-11(16-13(22-10)12-5-3-8-23-12)9-24-15-18-17-14(20)19(15)6-4-7-21-2/h3,5,8H,4,6-7,9H2,1-2H3,(H,17,20). The Bertz CT molecular complexity index is 835. The Hall–Kier alpha value is -1.84. The number of thiophene rings is 1. The van der Waals surface area contributed by atoms with E-state index in [0.717, 1.165) is 22.8 Å². The number of thioether (sulfide) groups is 1. The third-order valence-corrected chi connectivity index (χ3v) is 5.26. The lowest BCUT2D eigenvalue weighted by molar-refractivity contribution is 0.189. The summed E-state index contributed by atoms with van der Waals surface area (Å²) in [6.45, 7) is 3.08. The first-order valence-corrected chi connectivity index (χ1v) is 9.32. The molecule has 0 saturated heterocycles. The molecule has 0 spiro atoms. The minimum Gasteiger partial charge on any atom is -0.440 e. The summed E-state index contributed by atoms with van der Waals surface area (Å²) in [7, 11) is 1.65. The average molecular weight is 366 g/mol. The lowest BCUT2D eigenvalue weighted by atomic mass is 10.4. The third kappa shape index (κ3) is 3.80. The van der Waals surface area contributed by atoms with Crippen LogP contribution in [0.4, 0.5) is 0 Å². The zero-order valence-corrected chi connectivity index (χ0v) is 15.1. The van der Waals surface area contributed by atoms with E-state index in [1.165, 1.54) is 11.8 Å². The van der Waals surface area contributed by atoms with E-state index in [4.69, 9.17) is 9.15 Å². The number of aromatic amines is 1. The van der Waals surface area contributed by atoms with E-state index in [-0.39, 0.29) is 5.69 Å². The second-order valence-corrected chi connectivity index (χ2v) is 6.99. The predicted molar refractivity (Wildman–Crippen MR) is 93.5 cm³/mol. The number of rotatable bonds is 8. The van der Waals surface area contributed by atoms with Gasteiger partial charge in [-0.3, -0.25) is 4.57 Å². The van der Waals surface area contributed by atoms with Gasteiger partial charge in [-0.1, -0.05) is 17.8 Å². The Balaban J connectivity index is 1.69. The maximum absolute atomic E-state index is 11.8. The summed E-state index contributed by atoms with van der Waals surface area (Å²) in [5.41, 5.74) is 0.659. The van der Waals surface area contributed by atoms with Gasteiger partial charge in [-0.2, -0.15) is 0 Å². The number of nitrogens with one attached hydrogen (secondary N) is 1. The Morgan fingerprint density at radius 2 is 2.38 bits per heavy atom. The monoisotopic (exact) mass is 366 g/mol. The van der Waals surface area contributed by atoms with Crippen LogP contribution in [0.5, 0.6) is 0 Å². The number of oxazole rings is 1. The summed E-state index contributed by atoms with van der Waals surface area (Å²) < 4.78 is 12.4. The number of hydrogen-bond acceptors (Lipinski definition) is 7. The van der Waals surface area contributed by atoms with E-state index in [9.17, 15) is 4.79 Å². The Morgan fingerprint density at radius 1 is 1.50 bits per heavy atom. The lowest BCUT2D eigenvalue weighted by Gasteiger charge is -2.04. The van der Waals surface area contributed by atoms with Crippen molar-refractivity contribution >= 4 is 23.1 Å². The summed E-state index contributed by atoms with van der Waals surface area (Å²) in [5.74, 6) is 2.02. The molecule has 0 aliphatic rings. The van der Waals surface area contributed by atoms with E-state index in [2.05, 4.69) is 15.2 Å². The predicted octanol–water partition coefficient (Wildman–Crippen LogP) is 2.93. The molecule has 0 saturated carbocycles. The van der Waals surface area contributed by atoms with Gasteiger partial charge in [-0.25, -0.2) is 14.9 Å². The molecule has 7 nitrogen and oxygen atoms in total. The molecule has 3 rings (SSSR count). The van der Waals surface area contributed by atoms with Crippen LogP contribution in [0.1, 0.15) is 17.9 Å². The number of aryl methyl sites for hydroxylation is 1. The molecule has 3 aromatic heterocycles. The van der Waals surface area contributed by atoms with Gasteiger partial charge in [-0.15, -0.1) is 16.4 Å². The fourth-order valence-electron chi connectivity index (χ4n) is 2.18. The lowest BCUT2D eigenvalue weighted by Crippen LogP contribution is -2.18. The number of methoxy groups -OCH3 is 1. The molecule has 0 aliphatic carbocycles. The first kappa shape index (κ1) is 17.0. The average Bonchev–Trinajstić information content (AvgIpc) is 3.28. The van der Waals surface area contributed by atoms with Gasteiger partial charge >= 0.3 is 5.69 Å². The van der Waals surface area contributed by atoms with Gasteiger partial charge in [0.05, 0.1) is 10.6 Å². The highest BCUT2D eigenvalue weighted by atomic mass is 32.2. The fraction of sp³-hybridized carbons (Fsp3) is 0.400. The largest absolute Gasteiger partial charge is 0.440 e. The summed E-state index contributed by atoms with van der Waals surface area (Å²) in [6, 6.07) is 3.95. The zero-order valence-electron chi connectivity index (χ0n) is 13.4. The van der Waals surface area contributed by atoms with Gasteiger partial charge in [0.25, 0.3) is 0 Å². The van der Waals surface area contributed by atoms with Crippen molar-refractivity contribution in [3.63, 3.8) is 0 Å². The molecule has 0 radical (unpaired) electrons. The van der Waals surface area contributed by atoms with Gasteiger partial charge < -0.3 is 9.15 Å². The fourth-order valence-corrected chi connectivity index (χ4v) is 3.80. The minimum atomic E-state index is -0.204. The van der Waals surface area contributed by atoms with Crippen LogP contribution >= 0.6 is 23.1 Å². The summed E-state index contributed by atoms with van der Waals surface area (Å²) in [4.78, 5) is 17.4. The molecule has 0 bridgehead atoms. The van der Waals surface area contributed by atoms with Crippen LogP contribution in [-0.2, 0) is 17.0 Å². The Labute approximate surface area is 147 Å². The maximum atomic E-state index is 11.8. The molecule has 0 unspecified atom stereocenters. The summed E-state index contributed by atoms with van der Waals surface area (Å²) in [5, 5.41) is 9.22. The number of nitrogens with zero attached hydrogens (tertiary/aromatic N) is 3. The molecule has 9 heteroatoms. The Kier molecular flexibility index (Phi) is 5.54. The first-order chi connectivity index (χ1) is 11.7. The van der Waals surface area contributed by atoms with E-state index in [0.29, 0.717) is 30.0 Å². The molecule has 3 aromatic rings. The normalized spacial score (nSPS) is 11.2. The van der Waals surface area contributed by atoms with E-state index < -0.39 is 0 Å². The molecule has 0 amide bonds. The van der Waals surface area contributed by atoms with Crippen molar-refractivity contribution in [2.45, 2.75) is 30.8 Å². The van der Waals surface area contributed by atoms with Gasteiger partial charge in [-0.05, 0) is 24.8 Å². The molecule has 24 heavy (non-hydrogen) atoms. The van der Waals surface area contributed by atoms with Crippen LogP contribution in [0.2, 0.25) is 0 Å². The molecule has 1 N–H and O–H groups in total. The smallest absolute Gasteiger partial charge is 0.343 e. The van der Waals surface area contributed by atoms with Crippen molar-refractivity contribution in [2.24, 2.45) is 0 Å². The van der Waals surface area contributed by atoms with Gasteiger partial charge in [0.2, 0.25) is 5.89 Å². The number of aromatic nitrogens is 4. The number of hydrogen-bond donors (Lipinski definition) is 1. The SMILES string of the molecule is COCCCn1c(SCc2nc(-c3cccs3)oc2C)n[nH]c1=O. The van der Waals surface area contributed by atoms with Crippen molar-refractivity contribution in [3.8, 4) is 10.8 Å². The molecule has 128 valence electrons. The first-order valence-electron chi connectivity index (χ1n) is 7.46. The van der Waals surface area contributed by atoms with Crippen LogP contribution in [0.15, 0.2) is 31.9 Å². The highest BCUT2D eigenvalue weighted by Crippen LogP contribution is 2.28. The van der Waals surface area contributed by atoms with Crippen molar-refractivity contribution < 1.29 is 9.15 Å². The van der Waals surface area contributed by atoms with Crippen LogP contribution in [0, 0.1) is 6.92 Å². The second-order valence-electron chi connectivity index (χ2n) is 5.10. The van der Waals surface area contributed by atoms with E-state index in [1.54, 1.807) is 23.0 Å². The highest BCUT2D eigenvalue weighted by molar-refractivity contribution is 7.98. The summed E-state index contributed by atoms with van der Waals surface area (Å²) >= 11 is 3.06. The zero-order chi connectivity index (χ0) is 16.9. The molecule has 0 aromatic carbocycles. The van der Waals surface area contributed by atoms with Crippen molar-refractivity contribution in [1.29, 1.82) is 0 Å². The van der Waals surface area contributed by atoms with Gasteiger partial charge in [0.15, 0.2) is 5.16 Å². The van der Waals surface area contributed by atoms with Crippen LogP contribution < -0.4 is 5.69 Å². The quantitative estimate of drug-likeness (QED) is 0.487. The van der Waals surface area contributed by atoms with Crippen molar-refractivity contribution in [1.82, 2.24) is 19.7 Å². The third-order valence-electron chi connectivity index (χ3n) is 3.42. The molecule has 0 fully saturated rings. The van der Waals surface area contributed by atoms with Crippen molar-refractivity contribution in [2.75, 3.05) is 13.7 Å². The molecular formula is C15H18N4O3S2. The van der Waals surface area contributed by atoms with E-state index >= 15 is 0 Å². The van der Waals surface area contributed by atoms with Crippen LogP contribution in [0.3, 0.4) is 0 Å². The Morgan fingerprint density at radius 3 is 3.12 bits per heavy atom. The molecular weight excluding hydrogens is 348 g/mol. The topological polar surface area (TPSA) is 85.9 Å². The maximum Gasteiger partial charge on any atom is 0.343 e. The summed E-state index contributed by atoms with van der Waals surface area (Å²) in [6.07, 6.45) is 0.759. The highest BCUT2D eigenvalue weighted by Gasteiger charge is 2.15. The minimum absolute atomic E-state index is 0.204. The van der Waals surface area contributed by atoms with Gasteiger partial charge in [0, 0.05) is 26.0 Å². The van der Waals surface area contributed by atoms with Crippen molar-refractivity contribution in [3.05, 3.63) is 39.5 Å². The number of ether oxygens (including phenoxy) is 1. The number of H-pyrrole nitrogens is 1. The molecule has 0 aliphatic heterocycles. The van der Waals surface area contributed by atoms with Gasteiger partial charge in [0.1, 0.15) is 5.76 Å². The van der Waals surface area contributed by atoms with Crippen LogP contribution in [-0.4, -0.2) is 33.5 Å². The van der Waals surface area contributed by atoms with Crippen LogP contribution in [0.25, 0.3) is 10.8 Å². The second kappa shape index (κ2) is 7.82.